The number of benzene rings is 1. The Labute approximate surface area is 129 Å². The second kappa shape index (κ2) is 7.53. The number of hydrogen-bond acceptors (Lipinski definition) is 2. The molecule has 1 heterocycles. The molecular weight excluding hydrogens is 319 g/mol. The van der Waals surface area contributed by atoms with E-state index in [0.717, 1.165) is 44.6 Å². The molecule has 0 aliphatic carbocycles. The standard InChI is InChI=1S/C16H24BrFN2/c1-12(2)6-7-15(20-10-8-19-9-11-20)13-4-3-5-14(17)16(13)18/h3-5,12,15,19H,6-11H2,1-2H3/t15-/m1/s1. The molecular formula is C16H24BrFN2. The van der Waals surface area contributed by atoms with Crippen molar-refractivity contribution in [3.8, 4) is 0 Å². The molecule has 0 amide bonds. The minimum Gasteiger partial charge on any atom is -0.314 e. The fraction of sp³-hybridized carbons (Fsp3) is 0.625. The van der Waals surface area contributed by atoms with Crippen molar-refractivity contribution < 1.29 is 4.39 Å². The van der Waals surface area contributed by atoms with E-state index in [1.807, 2.05) is 12.1 Å². The molecule has 0 saturated carbocycles. The summed E-state index contributed by atoms with van der Waals surface area (Å²) in [4.78, 5) is 2.42. The molecule has 0 radical (unpaired) electrons. The Bertz CT molecular complexity index is 430. The fourth-order valence-corrected chi connectivity index (χ4v) is 3.18. The van der Waals surface area contributed by atoms with Gasteiger partial charge in [-0.15, -0.1) is 0 Å². The first-order valence-electron chi connectivity index (χ1n) is 7.48. The molecule has 112 valence electrons. The van der Waals surface area contributed by atoms with Gasteiger partial charge < -0.3 is 5.32 Å². The van der Waals surface area contributed by atoms with Gasteiger partial charge >= 0.3 is 0 Å². The van der Waals surface area contributed by atoms with E-state index >= 15 is 0 Å². The summed E-state index contributed by atoms with van der Waals surface area (Å²) >= 11 is 3.31. The lowest BCUT2D eigenvalue weighted by molar-refractivity contribution is 0.156. The van der Waals surface area contributed by atoms with Crippen molar-refractivity contribution in [2.75, 3.05) is 26.2 Å². The Kier molecular flexibility index (Phi) is 6.00. The summed E-state index contributed by atoms with van der Waals surface area (Å²) < 4.78 is 15.0. The average Bonchev–Trinajstić information content (AvgIpc) is 2.44. The summed E-state index contributed by atoms with van der Waals surface area (Å²) in [5, 5.41) is 3.37. The van der Waals surface area contributed by atoms with E-state index in [-0.39, 0.29) is 11.9 Å². The van der Waals surface area contributed by atoms with Crippen molar-refractivity contribution in [2.24, 2.45) is 5.92 Å². The number of halogens is 2. The van der Waals surface area contributed by atoms with Crippen molar-refractivity contribution in [2.45, 2.75) is 32.7 Å². The maximum Gasteiger partial charge on any atom is 0.142 e. The molecule has 1 aliphatic rings. The summed E-state index contributed by atoms with van der Waals surface area (Å²) in [6, 6.07) is 5.84. The van der Waals surface area contributed by atoms with Gasteiger partial charge in [0.15, 0.2) is 0 Å². The van der Waals surface area contributed by atoms with Gasteiger partial charge in [-0.05, 0) is 40.8 Å². The van der Waals surface area contributed by atoms with Crippen LogP contribution >= 0.6 is 15.9 Å². The van der Waals surface area contributed by atoms with E-state index in [1.54, 1.807) is 6.07 Å². The third kappa shape index (κ3) is 4.03. The van der Waals surface area contributed by atoms with Crippen molar-refractivity contribution in [1.82, 2.24) is 10.2 Å². The Morgan fingerprint density at radius 3 is 2.60 bits per heavy atom. The van der Waals surface area contributed by atoms with Crippen LogP contribution in [0.3, 0.4) is 0 Å². The van der Waals surface area contributed by atoms with E-state index in [0.29, 0.717) is 10.4 Å². The normalized spacial score (nSPS) is 18.4. The molecule has 1 aromatic rings. The first-order valence-corrected chi connectivity index (χ1v) is 8.27. The first kappa shape index (κ1) is 15.9. The Morgan fingerprint density at radius 1 is 1.25 bits per heavy atom. The molecule has 0 spiro atoms. The van der Waals surface area contributed by atoms with Gasteiger partial charge in [0.2, 0.25) is 0 Å². The van der Waals surface area contributed by atoms with E-state index in [2.05, 4.69) is 40.0 Å². The first-order chi connectivity index (χ1) is 9.59. The van der Waals surface area contributed by atoms with Crippen LogP contribution in [0.4, 0.5) is 4.39 Å². The van der Waals surface area contributed by atoms with Gasteiger partial charge in [0, 0.05) is 37.8 Å². The average molecular weight is 343 g/mol. The van der Waals surface area contributed by atoms with Crippen LogP contribution in [-0.2, 0) is 0 Å². The third-order valence-electron chi connectivity index (χ3n) is 3.95. The van der Waals surface area contributed by atoms with Crippen molar-refractivity contribution in [3.05, 3.63) is 34.1 Å². The predicted octanol–water partition coefficient (Wildman–Crippen LogP) is 3.97. The lowest BCUT2D eigenvalue weighted by Crippen LogP contribution is -2.45. The fourth-order valence-electron chi connectivity index (χ4n) is 2.80. The zero-order chi connectivity index (χ0) is 14.5. The smallest absolute Gasteiger partial charge is 0.142 e. The zero-order valence-corrected chi connectivity index (χ0v) is 13.9. The minimum atomic E-state index is -0.0974. The predicted molar refractivity (Wildman–Crippen MR) is 85.4 cm³/mol. The molecule has 1 aliphatic heterocycles. The highest BCUT2D eigenvalue weighted by Crippen LogP contribution is 2.32. The van der Waals surface area contributed by atoms with E-state index in [1.165, 1.54) is 0 Å². The molecule has 2 rings (SSSR count). The van der Waals surface area contributed by atoms with Gasteiger partial charge in [-0.3, -0.25) is 4.90 Å². The molecule has 0 bridgehead atoms. The largest absolute Gasteiger partial charge is 0.314 e. The summed E-state index contributed by atoms with van der Waals surface area (Å²) in [7, 11) is 0. The third-order valence-corrected chi connectivity index (χ3v) is 4.56. The van der Waals surface area contributed by atoms with Gasteiger partial charge in [-0.25, -0.2) is 4.39 Å². The van der Waals surface area contributed by atoms with Gasteiger partial charge in [-0.1, -0.05) is 26.0 Å². The van der Waals surface area contributed by atoms with Crippen molar-refractivity contribution >= 4 is 15.9 Å². The van der Waals surface area contributed by atoms with Crippen molar-refractivity contribution in [1.29, 1.82) is 0 Å². The second-order valence-electron chi connectivity index (χ2n) is 5.92. The molecule has 4 heteroatoms. The summed E-state index contributed by atoms with van der Waals surface area (Å²) in [6.45, 7) is 8.43. The van der Waals surface area contributed by atoms with Gasteiger partial charge in [0.25, 0.3) is 0 Å². The van der Waals surface area contributed by atoms with Crippen molar-refractivity contribution in [3.63, 3.8) is 0 Å². The number of rotatable bonds is 5. The Hall–Kier alpha value is -0.450. The number of nitrogens with zero attached hydrogens (tertiary/aromatic N) is 1. The van der Waals surface area contributed by atoms with Crippen LogP contribution in [0.2, 0.25) is 0 Å². The maximum atomic E-state index is 14.4. The monoisotopic (exact) mass is 342 g/mol. The highest BCUT2D eigenvalue weighted by molar-refractivity contribution is 9.10. The second-order valence-corrected chi connectivity index (χ2v) is 6.77. The van der Waals surface area contributed by atoms with E-state index in [9.17, 15) is 4.39 Å². The topological polar surface area (TPSA) is 15.3 Å². The lowest BCUT2D eigenvalue weighted by atomic mass is 9.95. The van der Waals surface area contributed by atoms with Crippen LogP contribution in [0.1, 0.15) is 38.3 Å². The number of hydrogen-bond donors (Lipinski definition) is 1. The lowest BCUT2D eigenvalue weighted by Gasteiger charge is -2.36. The maximum absolute atomic E-state index is 14.4. The van der Waals surface area contributed by atoms with Gasteiger partial charge in [-0.2, -0.15) is 0 Å². The van der Waals surface area contributed by atoms with Crippen LogP contribution in [-0.4, -0.2) is 31.1 Å². The highest BCUT2D eigenvalue weighted by atomic mass is 79.9. The molecule has 20 heavy (non-hydrogen) atoms. The molecule has 1 saturated heterocycles. The van der Waals surface area contributed by atoms with E-state index in [4.69, 9.17) is 0 Å². The van der Waals surface area contributed by atoms with Gasteiger partial charge in [0.1, 0.15) is 5.82 Å². The Morgan fingerprint density at radius 2 is 1.95 bits per heavy atom. The molecule has 1 atom stereocenters. The highest BCUT2D eigenvalue weighted by Gasteiger charge is 2.25. The molecule has 2 nitrogen and oxygen atoms in total. The number of piperazine rings is 1. The molecule has 1 fully saturated rings. The summed E-state index contributed by atoms with van der Waals surface area (Å²) in [5.74, 6) is 0.551. The summed E-state index contributed by atoms with van der Waals surface area (Å²) in [5.41, 5.74) is 0.835. The quantitative estimate of drug-likeness (QED) is 0.870. The molecule has 1 aromatic carbocycles. The Balaban J connectivity index is 2.22. The molecule has 0 aromatic heterocycles. The SMILES string of the molecule is CC(C)CC[C@H](c1cccc(Br)c1F)N1CCNCC1. The van der Waals surface area contributed by atoms with E-state index < -0.39 is 0 Å². The molecule has 1 N–H and O–H groups in total. The number of nitrogens with one attached hydrogen (secondary N) is 1. The van der Waals surface area contributed by atoms with Crippen LogP contribution < -0.4 is 5.32 Å². The molecule has 0 unspecified atom stereocenters. The zero-order valence-electron chi connectivity index (χ0n) is 12.3. The van der Waals surface area contributed by atoms with Gasteiger partial charge in [0.05, 0.1) is 4.47 Å². The summed E-state index contributed by atoms with van der Waals surface area (Å²) in [6.07, 6.45) is 2.14. The van der Waals surface area contributed by atoms with Crippen LogP contribution in [0, 0.1) is 11.7 Å². The van der Waals surface area contributed by atoms with Crippen LogP contribution in [0.15, 0.2) is 22.7 Å². The minimum absolute atomic E-state index is 0.0974. The van der Waals surface area contributed by atoms with Crippen LogP contribution in [0.5, 0.6) is 0 Å². The van der Waals surface area contributed by atoms with Crippen LogP contribution in [0.25, 0.3) is 0 Å².